The van der Waals surface area contributed by atoms with Crippen LogP contribution in [0.15, 0.2) is 42.5 Å². The van der Waals surface area contributed by atoms with Crippen LogP contribution >= 0.6 is 11.1 Å². The summed E-state index contributed by atoms with van der Waals surface area (Å²) >= 11 is 6.92. The first-order valence-corrected chi connectivity index (χ1v) is 10.3. The van der Waals surface area contributed by atoms with E-state index in [0.29, 0.717) is 0 Å². The molecule has 113 valence electrons. The van der Waals surface area contributed by atoms with Crippen LogP contribution in [-0.2, 0) is 26.2 Å². The summed E-state index contributed by atoms with van der Waals surface area (Å²) in [5, 5.41) is 5.89. The molecule has 2 aromatic rings. The van der Waals surface area contributed by atoms with E-state index >= 15 is 0 Å². The molecule has 0 saturated heterocycles. The second-order valence-electron chi connectivity index (χ2n) is 5.58. The van der Waals surface area contributed by atoms with Crippen LogP contribution in [0.1, 0.15) is 25.3 Å². The summed E-state index contributed by atoms with van der Waals surface area (Å²) in [7, 11) is -1.68. The van der Waals surface area contributed by atoms with Gasteiger partial charge in [-0.05, 0) is 18.0 Å². The minimum atomic E-state index is -1.68. The number of hydrogen-bond donors (Lipinski definition) is 0. The van der Waals surface area contributed by atoms with Gasteiger partial charge in [-0.2, -0.15) is 11.1 Å². The van der Waals surface area contributed by atoms with Crippen LogP contribution in [0.5, 0.6) is 0 Å². The van der Waals surface area contributed by atoms with Crippen molar-refractivity contribution in [1.29, 1.82) is 0 Å². The molecule has 1 atom stereocenters. The zero-order valence-electron chi connectivity index (χ0n) is 12.3. The third kappa shape index (κ3) is 2.87. The second-order valence-corrected chi connectivity index (χ2v) is 10.7. The van der Waals surface area contributed by atoms with Gasteiger partial charge in [0.15, 0.2) is 0 Å². The number of rotatable bonds is 3. The van der Waals surface area contributed by atoms with Gasteiger partial charge in [0.25, 0.3) is 0 Å². The molecule has 2 aliphatic rings. The fraction of sp³-hybridized carbons (Fsp3) is 0.235. The monoisotopic (exact) mass is 443 g/mol. The Kier molecular flexibility index (Phi) is 6.88. The molecule has 0 saturated carbocycles. The number of hydrogen-bond acceptors (Lipinski definition) is 0. The molecule has 0 spiro atoms. The quantitative estimate of drug-likeness (QED) is 0.289. The Balaban J connectivity index is 0.000000807. The maximum Gasteiger partial charge on any atom is 3.00 e. The molecular formula is C17H16Cl3SiZr. The van der Waals surface area contributed by atoms with Crippen molar-refractivity contribution in [2.24, 2.45) is 0 Å². The Bertz CT molecular complexity index is 748. The molecule has 0 fully saturated rings. The number of fused-ring (bicyclic) bond motifs is 3. The Morgan fingerprint density at radius 1 is 1.27 bits per heavy atom. The first-order valence-electron chi connectivity index (χ1n) is 7.04. The van der Waals surface area contributed by atoms with Crippen LogP contribution in [0.25, 0.3) is 16.3 Å². The van der Waals surface area contributed by atoms with Crippen molar-refractivity contribution in [2.45, 2.75) is 25.8 Å². The van der Waals surface area contributed by atoms with Gasteiger partial charge in [-0.25, -0.2) is 0 Å². The van der Waals surface area contributed by atoms with Gasteiger partial charge in [-0.1, -0.05) is 43.2 Å². The summed E-state index contributed by atoms with van der Waals surface area (Å²) in [6, 6.07) is 10.2. The third-order valence-electron chi connectivity index (χ3n) is 4.39. The van der Waals surface area contributed by atoms with E-state index < -0.39 is 7.38 Å². The molecule has 5 heteroatoms. The first-order chi connectivity index (χ1) is 9.25. The van der Waals surface area contributed by atoms with E-state index in [1.807, 2.05) is 0 Å². The number of allylic oxidation sites excluding steroid dienone is 4. The average molecular weight is 446 g/mol. The van der Waals surface area contributed by atoms with Crippen LogP contribution in [0.3, 0.4) is 0 Å². The van der Waals surface area contributed by atoms with Crippen LogP contribution < -0.4 is 35.2 Å². The van der Waals surface area contributed by atoms with Crippen LogP contribution in [-0.4, -0.2) is 7.38 Å². The number of halogens is 3. The summed E-state index contributed by atoms with van der Waals surface area (Å²) in [5.41, 5.74) is 2.85. The van der Waals surface area contributed by atoms with E-state index in [4.69, 9.17) is 11.1 Å². The zero-order chi connectivity index (χ0) is 13.0. The fourth-order valence-electron chi connectivity index (χ4n) is 3.48. The van der Waals surface area contributed by atoms with Crippen molar-refractivity contribution in [3.8, 4) is 0 Å². The van der Waals surface area contributed by atoms with E-state index in [0.717, 1.165) is 6.42 Å². The van der Waals surface area contributed by atoms with Gasteiger partial charge in [-0.15, -0.1) is 39.3 Å². The molecule has 0 bridgehead atoms. The minimum Gasteiger partial charge on any atom is -1.00 e. The molecule has 1 aliphatic carbocycles. The van der Waals surface area contributed by atoms with Gasteiger partial charge in [0.1, 0.15) is 7.38 Å². The standard InChI is InChI=1S/C17H16ClSi.2ClH.Zr/c1-2-10-19(18)15-11-13-8-5-9-14(16(13)17(15)19)12-6-3-4-7-12;;;/h3-6,8-9,11H,2,7,10H2,1H3;2*1H;/q-1;;;+3/p-2. The van der Waals surface area contributed by atoms with Crippen molar-refractivity contribution >= 4 is 45.2 Å². The maximum atomic E-state index is 6.92. The van der Waals surface area contributed by atoms with Crippen LogP contribution in [0.4, 0.5) is 0 Å². The normalized spacial score (nSPS) is 20.5. The Labute approximate surface area is 169 Å². The topological polar surface area (TPSA) is 0 Å². The second kappa shape index (κ2) is 7.45. The molecule has 0 aromatic heterocycles. The maximum absolute atomic E-state index is 6.92. The van der Waals surface area contributed by atoms with E-state index in [2.05, 4.69) is 49.4 Å². The molecule has 22 heavy (non-hydrogen) atoms. The summed E-state index contributed by atoms with van der Waals surface area (Å²) in [5.74, 6) is 0. The van der Waals surface area contributed by atoms with Crippen molar-refractivity contribution in [2.75, 3.05) is 0 Å². The Hall–Kier alpha value is 0.280. The third-order valence-corrected chi connectivity index (χ3v) is 9.63. The Morgan fingerprint density at radius 3 is 2.68 bits per heavy atom. The molecule has 0 N–H and O–H groups in total. The van der Waals surface area contributed by atoms with E-state index in [1.165, 1.54) is 44.7 Å². The molecule has 2 aromatic carbocycles. The van der Waals surface area contributed by atoms with Gasteiger partial charge in [0, 0.05) is 0 Å². The smallest absolute Gasteiger partial charge is 1.00 e. The Morgan fingerprint density at radius 2 is 2.05 bits per heavy atom. The van der Waals surface area contributed by atoms with Gasteiger partial charge in [0.2, 0.25) is 0 Å². The summed E-state index contributed by atoms with van der Waals surface area (Å²) < 4.78 is 0. The van der Waals surface area contributed by atoms with Crippen molar-refractivity contribution in [3.05, 3.63) is 48.1 Å². The van der Waals surface area contributed by atoms with E-state index in [1.54, 1.807) is 0 Å². The predicted molar refractivity (Wildman–Crippen MR) is 87.2 cm³/mol. The predicted octanol–water partition coefficient (Wildman–Crippen LogP) is -2.07. The first kappa shape index (κ1) is 20.3. The summed E-state index contributed by atoms with van der Waals surface area (Å²) in [6.45, 7) is 2.24. The summed E-state index contributed by atoms with van der Waals surface area (Å²) in [4.78, 5) is 0. The number of benzene rings is 1. The molecule has 0 nitrogen and oxygen atoms in total. The molecule has 1 heterocycles. The van der Waals surface area contributed by atoms with Crippen molar-refractivity contribution < 1.29 is 51.0 Å². The minimum absolute atomic E-state index is 0. The van der Waals surface area contributed by atoms with Gasteiger partial charge >= 0.3 is 26.2 Å². The summed E-state index contributed by atoms with van der Waals surface area (Å²) in [6.07, 6.45) is 8.88. The molecule has 1 radical (unpaired) electrons. The SMILES string of the molecule is CCC[Si]1(Cl)c2[cH-]c3cccc(C4=CC=CC4)c3c21.[Cl-].[Cl-].[Zr+3]. The van der Waals surface area contributed by atoms with Crippen LogP contribution in [0, 0.1) is 0 Å². The molecule has 1 unspecified atom stereocenters. The van der Waals surface area contributed by atoms with E-state index in [-0.39, 0.29) is 51.0 Å². The van der Waals surface area contributed by atoms with Crippen molar-refractivity contribution in [1.82, 2.24) is 0 Å². The van der Waals surface area contributed by atoms with Crippen LogP contribution in [0.2, 0.25) is 6.04 Å². The molecule has 0 amide bonds. The van der Waals surface area contributed by atoms with Gasteiger partial charge in [0.05, 0.1) is 0 Å². The largest absolute Gasteiger partial charge is 3.00 e. The molecule has 4 rings (SSSR count). The zero-order valence-corrected chi connectivity index (χ0v) is 18.0. The average Bonchev–Trinajstić information content (AvgIpc) is 2.89. The fourth-order valence-corrected chi connectivity index (χ4v) is 8.73. The van der Waals surface area contributed by atoms with Gasteiger partial charge < -0.3 is 24.8 Å². The van der Waals surface area contributed by atoms with Crippen molar-refractivity contribution in [3.63, 3.8) is 0 Å². The molecular weight excluding hydrogens is 430 g/mol. The van der Waals surface area contributed by atoms with E-state index in [9.17, 15) is 0 Å². The van der Waals surface area contributed by atoms with Gasteiger partial charge in [-0.3, -0.25) is 0 Å². The molecule has 1 aliphatic heterocycles.